The summed E-state index contributed by atoms with van der Waals surface area (Å²) >= 11 is 0. The Bertz CT molecular complexity index is 889. The van der Waals surface area contributed by atoms with E-state index >= 15 is 0 Å². The number of fused-ring (bicyclic) bond motifs is 1. The average molecular weight is 522 g/mol. The Balaban J connectivity index is 0.000000367. The average Bonchev–Trinajstić information content (AvgIpc) is 3.26. The Morgan fingerprint density at radius 1 is 1.06 bits per heavy atom. The summed E-state index contributed by atoms with van der Waals surface area (Å²) in [7, 11) is -3.59. The molecule has 0 aromatic carbocycles. The maximum Gasteiger partial charge on any atom is 0.335 e. The Morgan fingerprint density at radius 2 is 1.63 bits per heavy atom. The molecule has 2 amide bonds. The molecule has 0 bridgehead atoms. The standard InChI is InChI=1S/C17H29N3O4S.C4H6O6/c1-3-6-13-16-14(20(17(13)22)25(2,23)24)8-12-19(16)15(21)7-4-9-18-10-5-11-18;5-1(3(7)8)2(6)4(9)10/h13-14,16H,3-12H2,1-2H3;1-2,5-6H,(H,7,8)(H,9,10)/t13-,14+,16-;/m1./s1. The second-order valence-corrected chi connectivity index (χ2v) is 11.0. The van der Waals surface area contributed by atoms with Gasteiger partial charge in [0.1, 0.15) is 0 Å². The third-order valence-corrected chi connectivity index (χ3v) is 7.73. The topological polar surface area (TPSA) is 193 Å². The molecule has 0 aromatic rings. The van der Waals surface area contributed by atoms with Crippen LogP contribution in [0.4, 0.5) is 0 Å². The summed E-state index contributed by atoms with van der Waals surface area (Å²) in [6.07, 6.45) is 1.09. The molecule has 2 unspecified atom stereocenters. The lowest BCUT2D eigenvalue weighted by Gasteiger charge is -2.31. The first-order valence-electron chi connectivity index (χ1n) is 11.7. The van der Waals surface area contributed by atoms with Crippen LogP contribution in [0.2, 0.25) is 0 Å². The second-order valence-electron chi connectivity index (χ2n) is 9.09. The number of sulfonamides is 1. The highest BCUT2D eigenvalue weighted by molar-refractivity contribution is 7.88. The van der Waals surface area contributed by atoms with E-state index in [-0.39, 0.29) is 29.8 Å². The minimum absolute atomic E-state index is 0.0669. The molecule has 0 aromatic heterocycles. The number of hydrogen-bond donors (Lipinski definition) is 4. The molecule has 0 saturated carbocycles. The lowest BCUT2D eigenvalue weighted by Crippen LogP contribution is -2.43. The Labute approximate surface area is 204 Å². The number of hydrogen-bond acceptors (Lipinski definition) is 9. The van der Waals surface area contributed by atoms with Crippen LogP contribution in [0, 0.1) is 5.92 Å². The zero-order valence-electron chi connectivity index (χ0n) is 19.9. The number of carbonyl (C=O) groups excluding carboxylic acids is 2. The third-order valence-electron chi connectivity index (χ3n) is 6.56. The van der Waals surface area contributed by atoms with Crippen LogP contribution in [-0.4, -0.2) is 123 Å². The molecule has 35 heavy (non-hydrogen) atoms. The largest absolute Gasteiger partial charge is 0.479 e. The number of rotatable bonds is 10. The third kappa shape index (κ3) is 6.90. The van der Waals surface area contributed by atoms with E-state index in [1.807, 2.05) is 6.92 Å². The van der Waals surface area contributed by atoms with Crippen LogP contribution in [0.5, 0.6) is 0 Å². The molecular formula is C21H35N3O10S. The molecule has 0 radical (unpaired) electrons. The molecule has 200 valence electrons. The van der Waals surface area contributed by atoms with E-state index in [2.05, 4.69) is 4.90 Å². The SMILES string of the molecule is CCC[C@H]1C(=O)N(S(C)(=O)=O)[C@H]2CCN(C(=O)CCCN3CCC3)[C@H]12.O=C(O)C(O)C(O)C(=O)O. The molecule has 5 atom stereocenters. The number of nitrogens with zero attached hydrogens (tertiary/aromatic N) is 3. The van der Waals surface area contributed by atoms with Crippen LogP contribution >= 0.6 is 0 Å². The number of carboxylic acid groups (broad SMARTS) is 2. The van der Waals surface area contributed by atoms with Gasteiger partial charge in [-0.1, -0.05) is 13.3 Å². The van der Waals surface area contributed by atoms with Crippen LogP contribution in [0.25, 0.3) is 0 Å². The van der Waals surface area contributed by atoms with Gasteiger partial charge in [0.2, 0.25) is 21.8 Å². The van der Waals surface area contributed by atoms with Crippen LogP contribution in [0.3, 0.4) is 0 Å². The van der Waals surface area contributed by atoms with Gasteiger partial charge in [-0.3, -0.25) is 9.59 Å². The molecule has 3 fully saturated rings. The fraction of sp³-hybridized carbons (Fsp3) is 0.810. The first-order chi connectivity index (χ1) is 16.3. The normalized spacial score (nSPS) is 25.8. The minimum Gasteiger partial charge on any atom is -0.479 e. The van der Waals surface area contributed by atoms with Crippen molar-refractivity contribution in [3.63, 3.8) is 0 Å². The van der Waals surface area contributed by atoms with Crippen molar-refractivity contribution in [2.45, 2.75) is 69.7 Å². The first-order valence-corrected chi connectivity index (χ1v) is 13.5. The van der Waals surface area contributed by atoms with Gasteiger partial charge in [0, 0.05) is 13.0 Å². The van der Waals surface area contributed by atoms with Crippen LogP contribution in [0.1, 0.15) is 45.4 Å². The molecule has 13 nitrogen and oxygen atoms in total. The van der Waals surface area contributed by atoms with Crippen molar-refractivity contribution in [3.05, 3.63) is 0 Å². The monoisotopic (exact) mass is 521 g/mol. The van der Waals surface area contributed by atoms with Crippen molar-refractivity contribution < 1.29 is 48.0 Å². The predicted octanol–water partition coefficient (Wildman–Crippen LogP) is -1.46. The summed E-state index contributed by atoms with van der Waals surface area (Å²) in [4.78, 5) is 49.1. The molecule has 0 aliphatic carbocycles. The van der Waals surface area contributed by atoms with Crippen molar-refractivity contribution in [2.75, 3.05) is 32.4 Å². The summed E-state index contributed by atoms with van der Waals surface area (Å²) in [6, 6.07) is -0.655. The van der Waals surface area contributed by atoms with Gasteiger partial charge < -0.3 is 30.2 Å². The molecule has 14 heteroatoms. The smallest absolute Gasteiger partial charge is 0.335 e. The molecule has 3 rings (SSSR count). The number of aliphatic hydroxyl groups is 2. The molecule has 3 saturated heterocycles. The molecule has 3 aliphatic rings. The minimum atomic E-state index is -3.59. The molecule has 0 spiro atoms. The summed E-state index contributed by atoms with van der Waals surface area (Å²) in [6.45, 7) is 5.73. The van der Waals surface area contributed by atoms with Crippen LogP contribution in [-0.2, 0) is 29.2 Å². The number of aliphatic carboxylic acids is 2. The first kappa shape index (κ1) is 28.9. The Kier molecular flexibility index (Phi) is 10.0. The lowest BCUT2D eigenvalue weighted by atomic mass is 9.94. The van der Waals surface area contributed by atoms with E-state index in [0.29, 0.717) is 25.8 Å². The van der Waals surface area contributed by atoms with Gasteiger partial charge >= 0.3 is 11.9 Å². The van der Waals surface area contributed by atoms with Gasteiger partial charge in [0.15, 0.2) is 12.2 Å². The highest BCUT2D eigenvalue weighted by Gasteiger charge is 2.56. The predicted molar refractivity (Wildman–Crippen MR) is 122 cm³/mol. The molecule has 4 N–H and O–H groups in total. The van der Waals surface area contributed by atoms with E-state index < -0.39 is 34.2 Å². The molecule has 3 aliphatic heterocycles. The highest BCUT2D eigenvalue weighted by atomic mass is 32.2. The summed E-state index contributed by atoms with van der Waals surface area (Å²) in [5, 5.41) is 32.5. The maximum absolute atomic E-state index is 12.7. The Morgan fingerprint density at radius 3 is 2.06 bits per heavy atom. The zero-order chi connectivity index (χ0) is 26.5. The van der Waals surface area contributed by atoms with E-state index in [9.17, 15) is 27.6 Å². The van der Waals surface area contributed by atoms with Crippen molar-refractivity contribution in [3.8, 4) is 0 Å². The van der Waals surface area contributed by atoms with Gasteiger partial charge in [-0.15, -0.1) is 0 Å². The highest BCUT2D eigenvalue weighted by Crippen LogP contribution is 2.40. The number of aliphatic hydroxyl groups excluding tert-OH is 2. The Hall–Kier alpha value is -2.29. The van der Waals surface area contributed by atoms with Crippen molar-refractivity contribution in [1.82, 2.24) is 14.1 Å². The zero-order valence-corrected chi connectivity index (χ0v) is 20.8. The molecular weight excluding hydrogens is 486 g/mol. The van der Waals surface area contributed by atoms with Crippen molar-refractivity contribution in [1.29, 1.82) is 0 Å². The van der Waals surface area contributed by atoms with Crippen molar-refractivity contribution >= 4 is 33.8 Å². The second kappa shape index (κ2) is 12.1. The van der Waals surface area contributed by atoms with Crippen LogP contribution < -0.4 is 0 Å². The van der Waals surface area contributed by atoms with E-state index in [1.54, 1.807) is 4.90 Å². The number of amides is 2. The number of carboxylic acids is 2. The lowest BCUT2D eigenvalue weighted by molar-refractivity contribution is -0.165. The summed E-state index contributed by atoms with van der Waals surface area (Å²) in [5.74, 6) is -4.17. The quantitative estimate of drug-likeness (QED) is 0.262. The van der Waals surface area contributed by atoms with E-state index in [1.165, 1.54) is 6.42 Å². The number of likely N-dealkylation sites (tertiary alicyclic amines) is 2. The summed E-state index contributed by atoms with van der Waals surface area (Å²) < 4.78 is 25.3. The fourth-order valence-electron chi connectivity index (χ4n) is 4.79. The van der Waals surface area contributed by atoms with Gasteiger partial charge in [-0.05, 0) is 45.3 Å². The van der Waals surface area contributed by atoms with E-state index in [0.717, 1.165) is 43.0 Å². The van der Waals surface area contributed by atoms with Gasteiger partial charge in [0.25, 0.3) is 0 Å². The fourth-order valence-corrected chi connectivity index (χ4v) is 5.98. The maximum atomic E-state index is 12.7. The summed E-state index contributed by atoms with van der Waals surface area (Å²) in [5.41, 5.74) is 0. The van der Waals surface area contributed by atoms with Crippen molar-refractivity contribution in [2.24, 2.45) is 5.92 Å². The van der Waals surface area contributed by atoms with Gasteiger partial charge in [0.05, 0.1) is 24.3 Å². The molecule has 3 heterocycles. The van der Waals surface area contributed by atoms with Gasteiger partial charge in [-0.25, -0.2) is 22.3 Å². The van der Waals surface area contributed by atoms with Crippen LogP contribution in [0.15, 0.2) is 0 Å². The van der Waals surface area contributed by atoms with Gasteiger partial charge in [-0.2, -0.15) is 0 Å². The van der Waals surface area contributed by atoms with E-state index in [4.69, 9.17) is 20.4 Å². The number of carbonyl (C=O) groups is 4.